The number of aromatic nitrogens is 1. The number of anilines is 1. The van der Waals surface area contributed by atoms with Crippen molar-refractivity contribution < 1.29 is 4.79 Å². The standard InChI is InChI=1S/C21H26N2O2/c1-15(2)23-13-12-17-18(21(23)25)10-7-11-19(17)22-20(24)14-16-8-5-3-4-6-9-16/h7,10-13,15-16H,1-6,8-9,14H2,(H,22,24). The Balaban J connectivity index is 1.80. The SMILES string of the molecule is [CH2]C([CH2])n1ccc2c(NC(=O)CC3CCCCCC3)cccc2c1=O. The minimum Gasteiger partial charge on any atom is -0.326 e. The highest BCUT2D eigenvalue weighted by molar-refractivity contribution is 6.01. The molecule has 0 bridgehead atoms. The summed E-state index contributed by atoms with van der Waals surface area (Å²) in [5.74, 6) is 0.517. The van der Waals surface area contributed by atoms with Crippen LogP contribution in [0.5, 0.6) is 0 Å². The molecule has 1 amide bonds. The van der Waals surface area contributed by atoms with Crippen LogP contribution in [0.25, 0.3) is 10.8 Å². The van der Waals surface area contributed by atoms with E-state index in [9.17, 15) is 9.59 Å². The average Bonchev–Trinajstić information content (AvgIpc) is 2.84. The van der Waals surface area contributed by atoms with Gasteiger partial charge in [0.15, 0.2) is 0 Å². The van der Waals surface area contributed by atoms with Crippen LogP contribution in [-0.2, 0) is 4.79 Å². The molecular formula is C21H26N2O2. The van der Waals surface area contributed by atoms with Crippen molar-refractivity contribution in [1.82, 2.24) is 4.57 Å². The summed E-state index contributed by atoms with van der Waals surface area (Å²) in [6.45, 7) is 7.60. The Morgan fingerprint density at radius 1 is 1.12 bits per heavy atom. The summed E-state index contributed by atoms with van der Waals surface area (Å²) in [4.78, 5) is 25.0. The number of hydrogen-bond donors (Lipinski definition) is 1. The zero-order chi connectivity index (χ0) is 17.8. The van der Waals surface area contributed by atoms with Gasteiger partial charge in [-0.05, 0) is 50.8 Å². The zero-order valence-electron chi connectivity index (χ0n) is 14.7. The average molecular weight is 338 g/mol. The fraction of sp³-hybridized carbons (Fsp3) is 0.429. The lowest BCUT2D eigenvalue weighted by Crippen LogP contribution is -2.22. The number of hydrogen-bond acceptors (Lipinski definition) is 2. The van der Waals surface area contributed by atoms with Gasteiger partial charge in [-0.1, -0.05) is 31.7 Å². The van der Waals surface area contributed by atoms with Crippen LogP contribution >= 0.6 is 0 Å². The number of amides is 1. The molecule has 0 unspecified atom stereocenters. The quantitative estimate of drug-likeness (QED) is 0.834. The topological polar surface area (TPSA) is 51.1 Å². The van der Waals surface area contributed by atoms with Gasteiger partial charge in [0.25, 0.3) is 5.56 Å². The Labute approximate surface area is 149 Å². The highest BCUT2D eigenvalue weighted by Crippen LogP contribution is 2.27. The van der Waals surface area contributed by atoms with Gasteiger partial charge in [0.1, 0.15) is 0 Å². The first-order valence-corrected chi connectivity index (χ1v) is 9.16. The molecule has 0 spiro atoms. The Morgan fingerprint density at radius 3 is 2.52 bits per heavy atom. The van der Waals surface area contributed by atoms with E-state index in [-0.39, 0.29) is 17.5 Å². The predicted molar refractivity (Wildman–Crippen MR) is 102 cm³/mol. The minimum absolute atomic E-state index is 0.0378. The Morgan fingerprint density at radius 2 is 1.84 bits per heavy atom. The van der Waals surface area contributed by atoms with E-state index in [1.165, 1.54) is 30.3 Å². The van der Waals surface area contributed by atoms with E-state index in [1.54, 1.807) is 18.3 Å². The summed E-state index contributed by atoms with van der Waals surface area (Å²) >= 11 is 0. The van der Waals surface area contributed by atoms with Crippen LogP contribution in [0.2, 0.25) is 0 Å². The molecule has 3 rings (SSSR count). The molecule has 1 heterocycles. The molecule has 0 atom stereocenters. The second-order valence-electron chi connectivity index (χ2n) is 7.06. The van der Waals surface area contributed by atoms with Crippen molar-refractivity contribution in [3.8, 4) is 0 Å². The summed E-state index contributed by atoms with van der Waals surface area (Å²) in [5, 5.41) is 4.35. The van der Waals surface area contributed by atoms with Crippen molar-refractivity contribution in [2.24, 2.45) is 5.92 Å². The number of benzene rings is 1. The van der Waals surface area contributed by atoms with Gasteiger partial charge in [-0.3, -0.25) is 9.59 Å². The first kappa shape index (κ1) is 17.7. The molecule has 1 saturated carbocycles. The Bertz CT molecular complexity index is 799. The maximum atomic E-state index is 12.5. The first-order chi connectivity index (χ1) is 12.1. The van der Waals surface area contributed by atoms with Crippen LogP contribution in [0.15, 0.2) is 35.3 Å². The van der Waals surface area contributed by atoms with Crippen molar-refractivity contribution in [3.63, 3.8) is 0 Å². The first-order valence-electron chi connectivity index (χ1n) is 9.16. The second-order valence-corrected chi connectivity index (χ2v) is 7.06. The lowest BCUT2D eigenvalue weighted by Gasteiger charge is -2.15. The third-order valence-corrected chi connectivity index (χ3v) is 5.09. The Kier molecular flexibility index (Phi) is 5.57. The molecule has 1 aliphatic rings. The monoisotopic (exact) mass is 338 g/mol. The van der Waals surface area contributed by atoms with Gasteiger partial charge < -0.3 is 9.88 Å². The van der Waals surface area contributed by atoms with Gasteiger partial charge in [0.2, 0.25) is 5.91 Å². The zero-order valence-corrected chi connectivity index (χ0v) is 14.7. The molecule has 1 N–H and O–H groups in total. The van der Waals surface area contributed by atoms with E-state index in [2.05, 4.69) is 19.2 Å². The van der Waals surface area contributed by atoms with Crippen molar-refractivity contribution in [1.29, 1.82) is 0 Å². The maximum Gasteiger partial charge on any atom is 0.258 e. The number of carbonyl (C=O) groups is 1. The summed E-state index contributed by atoms with van der Waals surface area (Å²) in [6.07, 6.45) is 9.56. The van der Waals surface area contributed by atoms with E-state index in [1.807, 2.05) is 12.1 Å². The molecule has 1 aromatic carbocycles. The summed E-state index contributed by atoms with van der Waals surface area (Å²) in [5.41, 5.74) is 0.567. The highest BCUT2D eigenvalue weighted by atomic mass is 16.1. The molecular weight excluding hydrogens is 312 g/mol. The fourth-order valence-electron chi connectivity index (χ4n) is 3.72. The molecule has 25 heavy (non-hydrogen) atoms. The normalized spacial score (nSPS) is 16.1. The van der Waals surface area contributed by atoms with E-state index in [4.69, 9.17) is 0 Å². The molecule has 4 heteroatoms. The summed E-state index contributed by atoms with van der Waals surface area (Å²) in [7, 11) is 0. The number of nitrogens with one attached hydrogen (secondary N) is 1. The van der Waals surface area contributed by atoms with Crippen molar-refractivity contribution in [3.05, 3.63) is 54.7 Å². The smallest absolute Gasteiger partial charge is 0.258 e. The molecule has 4 nitrogen and oxygen atoms in total. The third kappa shape index (κ3) is 4.12. The fourth-order valence-corrected chi connectivity index (χ4v) is 3.72. The van der Waals surface area contributed by atoms with E-state index < -0.39 is 0 Å². The molecule has 2 radical (unpaired) electrons. The molecule has 1 aliphatic carbocycles. The van der Waals surface area contributed by atoms with Crippen LogP contribution in [0, 0.1) is 19.8 Å². The second kappa shape index (κ2) is 7.85. The highest BCUT2D eigenvalue weighted by Gasteiger charge is 2.17. The van der Waals surface area contributed by atoms with Crippen molar-refractivity contribution >= 4 is 22.4 Å². The van der Waals surface area contributed by atoms with E-state index in [0.29, 0.717) is 23.4 Å². The van der Waals surface area contributed by atoms with Gasteiger partial charge >= 0.3 is 0 Å². The van der Waals surface area contributed by atoms with Crippen molar-refractivity contribution in [2.75, 3.05) is 5.32 Å². The summed E-state index contributed by atoms with van der Waals surface area (Å²) in [6, 6.07) is 6.89. The Hall–Kier alpha value is -2.10. The number of pyridine rings is 1. The minimum atomic E-state index is -0.384. The molecule has 1 aromatic heterocycles. The van der Waals surface area contributed by atoms with Crippen LogP contribution in [-0.4, -0.2) is 10.5 Å². The van der Waals surface area contributed by atoms with Crippen LogP contribution in [0.3, 0.4) is 0 Å². The van der Waals surface area contributed by atoms with Crippen LogP contribution < -0.4 is 10.9 Å². The van der Waals surface area contributed by atoms with Gasteiger partial charge in [0, 0.05) is 35.1 Å². The lowest BCUT2D eigenvalue weighted by molar-refractivity contribution is -0.117. The predicted octanol–water partition coefficient (Wildman–Crippen LogP) is 4.51. The van der Waals surface area contributed by atoms with Crippen LogP contribution in [0.4, 0.5) is 5.69 Å². The van der Waals surface area contributed by atoms with Gasteiger partial charge in [-0.2, -0.15) is 0 Å². The molecule has 1 fully saturated rings. The number of fused-ring (bicyclic) bond motifs is 1. The summed E-state index contributed by atoms with van der Waals surface area (Å²) < 4.78 is 1.50. The van der Waals surface area contributed by atoms with Crippen LogP contribution in [0.1, 0.15) is 51.0 Å². The molecule has 132 valence electrons. The largest absolute Gasteiger partial charge is 0.326 e. The number of nitrogens with zero attached hydrogens (tertiary/aromatic N) is 1. The van der Waals surface area contributed by atoms with Crippen molar-refractivity contribution in [2.45, 2.75) is 51.0 Å². The van der Waals surface area contributed by atoms with Gasteiger partial charge in [-0.25, -0.2) is 0 Å². The van der Waals surface area contributed by atoms with Gasteiger partial charge in [0.05, 0.1) is 0 Å². The molecule has 0 saturated heterocycles. The number of rotatable bonds is 4. The van der Waals surface area contributed by atoms with E-state index >= 15 is 0 Å². The maximum absolute atomic E-state index is 12.5. The molecule has 2 aromatic rings. The third-order valence-electron chi connectivity index (χ3n) is 5.09. The van der Waals surface area contributed by atoms with E-state index in [0.717, 1.165) is 18.2 Å². The molecule has 0 aliphatic heterocycles. The lowest BCUT2D eigenvalue weighted by atomic mass is 9.96. The number of carbonyl (C=O) groups excluding carboxylic acids is 1. The van der Waals surface area contributed by atoms with Gasteiger partial charge in [-0.15, -0.1) is 0 Å².